The number of carbonyl (C=O) groups excluding carboxylic acids is 2. The summed E-state index contributed by atoms with van der Waals surface area (Å²) in [5, 5.41) is 0.547. The second-order valence-corrected chi connectivity index (χ2v) is 7.52. The van der Waals surface area contributed by atoms with Crippen LogP contribution in [0.4, 0.5) is 0 Å². The van der Waals surface area contributed by atoms with Gasteiger partial charge in [0, 0.05) is 31.6 Å². The number of amides is 1. The van der Waals surface area contributed by atoms with E-state index in [1.165, 1.54) is 0 Å². The lowest BCUT2D eigenvalue weighted by Gasteiger charge is -2.31. The highest BCUT2D eigenvalue weighted by Crippen LogP contribution is 2.22. The number of hydrogen-bond donors (Lipinski definition) is 0. The van der Waals surface area contributed by atoms with E-state index in [4.69, 9.17) is 4.74 Å². The van der Waals surface area contributed by atoms with E-state index in [-0.39, 0.29) is 23.4 Å². The zero-order valence-corrected chi connectivity index (χ0v) is 16.1. The van der Waals surface area contributed by atoms with Crippen molar-refractivity contribution in [3.8, 4) is 0 Å². The van der Waals surface area contributed by atoms with Gasteiger partial charge < -0.3 is 9.64 Å². The quantitative estimate of drug-likeness (QED) is 0.759. The van der Waals surface area contributed by atoms with E-state index >= 15 is 0 Å². The number of hydrogen-bond acceptors (Lipinski definition) is 5. The van der Waals surface area contributed by atoms with Gasteiger partial charge in [-0.3, -0.25) is 19.0 Å². The molecule has 7 heteroatoms. The average molecular weight is 383 g/mol. The van der Waals surface area contributed by atoms with Crippen molar-refractivity contribution in [3.63, 3.8) is 0 Å². The molecule has 28 heavy (non-hydrogen) atoms. The Morgan fingerprint density at radius 2 is 2.07 bits per heavy atom. The Morgan fingerprint density at radius 3 is 2.89 bits per heavy atom. The molecule has 4 rings (SSSR count). The van der Waals surface area contributed by atoms with Gasteiger partial charge in [-0.15, -0.1) is 0 Å². The van der Waals surface area contributed by atoms with E-state index in [2.05, 4.69) is 4.98 Å². The molecule has 0 bridgehead atoms. The van der Waals surface area contributed by atoms with Crippen LogP contribution in [0.5, 0.6) is 0 Å². The highest BCUT2D eigenvalue weighted by atomic mass is 16.5. The van der Waals surface area contributed by atoms with Crippen molar-refractivity contribution in [2.45, 2.75) is 45.6 Å². The topological polar surface area (TPSA) is 81.5 Å². The number of aromatic nitrogens is 2. The third-order valence-electron chi connectivity index (χ3n) is 5.64. The molecule has 0 saturated carbocycles. The van der Waals surface area contributed by atoms with Crippen LogP contribution in [-0.4, -0.2) is 46.0 Å². The third-order valence-corrected chi connectivity index (χ3v) is 5.64. The molecule has 1 fully saturated rings. The van der Waals surface area contributed by atoms with E-state index in [1.807, 2.05) is 0 Å². The lowest BCUT2D eigenvalue weighted by molar-refractivity contribution is -0.149. The number of esters is 1. The minimum atomic E-state index is -0.270. The number of nitrogens with zero attached hydrogens (tertiary/aromatic N) is 3. The first kappa shape index (κ1) is 18.7. The van der Waals surface area contributed by atoms with Crippen LogP contribution < -0.4 is 5.56 Å². The highest BCUT2D eigenvalue weighted by Gasteiger charge is 2.30. The molecule has 1 amide bonds. The molecule has 2 aliphatic heterocycles. The number of likely N-dealkylation sites (tertiary alicyclic amines) is 1. The van der Waals surface area contributed by atoms with Crippen molar-refractivity contribution in [2.75, 3.05) is 19.7 Å². The molecule has 1 saturated heterocycles. The molecule has 0 N–H and O–H groups in total. The number of benzene rings is 1. The number of piperidine rings is 1. The predicted octanol–water partition coefficient (Wildman–Crippen LogP) is 2.15. The van der Waals surface area contributed by atoms with Crippen LogP contribution >= 0.6 is 0 Å². The third kappa shape index (κ3) is 3.41. The van der Waals surface area contributed by atoms with E-state index < -0.39 is 0 Å². The lowest BCUT2D eigenvalue weighted by atomic mass is 9.97. The molecule has 1 aromatic heterocycles. The fourth-order valence-electron chi connectivity index (χ4n) is 4.17. The molecule has 2 aromatic rings. The summed E-state index contributed by atoms with van der Waals surface area (Å²) in [5.74, 6) is 0.164. The smallest absolute Gasteiger partial charge is 0.310 e. The van der Waals surface area contributed by atoms with Crippen LogP contribution in [0.15, 0.2) is 23.0 Å². The first-order valence-electron chi connectivity index (χ1n) is 10.1. The summed E-state index contributed by atoms with van der Waals surface area (Å²) in [7, 11) is 0. The Labute approximate surface area is 163 Å². The Bertz CT molecular complexity index is 982. The monoisotopic (exact) mass is 383 g/mol. The van der Waals surface area contributed by atoms with Gasteiger partial charge in [-0.2, -0.15) is 0 Å². The fourth-order valence-corrected chi connectivity index (χ4v) is 4.17. The second kappa shape index (κ2) is 7.73. The molecule has 0 spiro atoms. The molecular formula is C21H25N3O4. The van der Waals surface area contributed by atoms with Crippen molar-refractivity contribution in [1.29, 1.82) is 0 Å². The predicted molar refractivity (Wildman–Crippen MR) is 104 cm³/mol. The normalized spacial score (nSPS) is 19.3. The first-order chi connectivity index (χ1) is 13.6. The van der Waals surface area contributed by atoms with Gasteiger partial charge in [0.1, 0.15) is 5.82 Å². The van der Waals surface area contributed by atoms with Gasteiger partial charge in [-0.05, 0) is 50.8 Å². The van der Waals surface area contributed by atoms with Crippen molar-refractivity contribution in [3.05, 3.63) is 39.9 Å². The Kier molecular flexibility index (Phi) is 5.15. The average Bonchev–Trinajstić information content (AvgIpc) is 2.73. The Balaban J connectivity index is 1.61. The molecular weight excluding hydrogens is 358 g/mol. The van der Waals surface area contributed by atoms with Crippen LogP contribution in [0, 0.1) is 5.92 Å². The molecule has 0 aliphatic carbocycles. The molecule has 2 aliphatic rings. The zero-order valence-electron chi connectivity index (χ0n) is 16.1. The number of carbonyl (C=O) groups is 2. The minimum absolute atomic E-state index is 0.0287. The second-order valence-electron chi connectivity index (χ2n) is 7.52. The van der Waals surface area contributed by atoms with E-state index in [0.29, 0.717) is 42.7 Å². The summed E-state index contributed by atoms with van der Waals surface area (Å²) in [4.78, 5) is 44.1. The maximum Gasteiger partial charge on any atom is 0.310 e. The minimum Gasteiger partial charge on any atom is -0.466 e. The summed E-state index contributed by atoms with van der Waals surface area (Å²) in [6.07, 6.45) is 4.32. The summed E-state index contributed by atoms with van der Waals surface area (Å²) in [6, 6.07) is 5.10. The molecule has 148 valence electrons. The highest BCUT2D eigenvalue weighted by molar-refractivity contribution is 5.98. The van der Waals surface area contributed by atoms with Crippen LogP contribution in [0.25, 0.3) is 10.9 Å². The van der Waals surface area contributed by atoms with Gasteiger partial charge in [-0.25, -0.2) is 4.98 Å². The largest absolute Gasteiger partial charge is 0.466 e. The number of rotatable bonds is 3. The number of ether oxygens (including phenoxy) is 1. The van der Waals surface area contributed by atoms with Gasteiger partial charge in [0.25, 0.3) is 11.5 Å². The summed E-state index contributed by atoms with van der Waals surface area (Å²) in [6.45, 7) is 3.83. The standard InChI is InChI=1S/C21H25N3O4/c1-2-28-21(27)15-6-5-10-23(13-15)19(25)14-8-9-16-17(12-14)22-18-7-3-4-11-24(18)20(16)26/h8-9,12,15H,2-7,10-11,13H2,1H3. The zero-order chi connectivity index (χ0) is 19.7. The lowest BCUT2D eigenvalue weighted by Crippen LogP contribution is -2.42. The SMILES string of the molecule is CCOC(=O)C1CCCN(C(=O)c2ccc3c(=O)n4c(nc3c2)CCCC4)C1. The number of fused-ring (bicyclic) bond motifs is 2. The van der Waals surface area contributed by atoms with Gasteiger partial charge in [0.15, 0.2) is 0 Å². The van der Waals surface area contributed by atoms with Crippen LogP contribution in [0.2, 0.25) is 0 Å². The van der Waals surface area contributed by atoms with Gasteiger partial charge in [-0.1, -0.05) is 0 Å². The number of aryl methyl sites for hydroxylation is 1. The van der Waals surface area contributed by atoms with E-state index in [9.17, 15) is 14.4 Å². The Hall–Kier alpha value is -2.70. The fraction of sp³-hybridized carbons (Fsp3) is 0.524. The van der Waals surface area contributed by atoms with Crippen molar-refractivity contribution < 1.29 is 14.3 Å². The van der Waals surface area contributed by atoms with Gasteiger partial charge >= 0.3 is 5.97 Å². The van der Waals surface area contributed by atoms with Crippen LogP contribution in [0.3, 0.4) is 0 Å². The van der Waals surface area contributed by atoms with Crippen LogP contribution in [-0.2, 0) is 22.5 Å². The van der Waals surface area contributed by atoms with Gasteiger partial charge in [0.05, 0.1) is 23.4 Å². The van der Waals surface area contributed by atoms with Crippen molar-refractivity contribution in [1.82, 2.24) is 14.5 Å². The van der Waals surface area contributed by atoms with Crippen LogP contribution in [0.1, 0.15) is 48.8 Å². The molecule has 1 unspecified atom stereocenters. The summed E-state index contributed by atoms with van der Waals surface area (Å²) >= 11 is 0. The molecule has 1 atom stereocenters. The Morgan fingerprint density at radius 1 is 1.21 bits per heavy atom. The van der Waals surface area contributed by atoms with Crippen molar-refractivity contribution in [2.24, 2.45) is 5.92 Å². The van der Waals surface area contributed by atoms with Crippen molar-refractivity contribution >= 4 is 22.8 Å². The van der Waals surface area contributed by atoms with E-state index in [0.717, 1.165) is 37.9 Å². The summed E-state index contributed by atoms with van der Waals surface area (Å²) in [5.41, 5.74) is 1.05. The summed E-state index contributed by atoms with van der Waals surface area (Å²) < 4.78 is 6.87. The van der Waals surface area contributed by atoms with Gasteiger partial charge in [0.2, 0.25) is 0 Å². The molecule has 3 heterocycles. The molecule has 7 nitrogen and oxygen atoms in total. The van der Waals surface area contributed by atoms with E-state index in [1.54, 1.807) is 34.6 Å². The molecule has 1 aromatic carbocycles. The maximum atomic E-state index is 13.0. The maximum absolute atomic E-state index is 13.0. The first-order valence-corrected chi connectivity index (χ1v) is 10.1. The molecule has 0 radical (unpaired) electrons.